The van der Waals surface area contributed by atoms with Gasteiger partial charge in [-0.3, -0.25) is 4.79 Å². The van der Waals surface area contributed by atoms with E-state index in [0.29, 0.717) is 6.04 Å². The third-order valence-corrected chi connectivity index (χ3v) is 1.29. The number of hydrogen-bond acceptors (Lipinski definition) is 3. The summed E-state index contributed by atoms with van der Waals surface area (Å²) in [6, 6.07) is 0.0899. The molecule has 3 nitrogen and oxygen atoms in total. The predicted octanol–water partition coefficient (Wildman–Crippen LogP) is 1.32. The number of carbonyl (C=O) groups is 1. The molecule has 0 saturated carbocycles. The van der Waals surface area contributed by atoms with E-state index >= 15 is 0 Å². The second-order valence-corrected chi connectivity index (χ2v) is 3.53. The highest BCUT2D eigenvalue weighted by Gasteiger charge is 2.15. The zero-order valence-corrected chi connectivity index (χ0v) is 8.55. The first-order valence-electron chi connectivity index (χ1n) is 4.40. The van der Waals surface area contributed by atoms with Crippen molar-refractivity contribution in [3.63, 3.8) is 0 Å². The number of esters is 1. The Morgan fingerprint density at radius 1 is 1.17 bits per heavy atom. The van der Waals surface area contributed by atoms with Crippen LogP contribution in [0.2, 0.25) is 0 Å². The Hall–Kier alpha value is -0.570. The van der Waals surface area contributed by atoms with E-state index in [1.54, 1.807) is 0 Å². The predicted molar refractivity (Wildman–Crippen MR) is 49.0 cm³/mol. The molecule has 0 fully saturated rings. The Labute approximate surface area is 74.5 Å². The maximum absolute atomic E-state index is 11.2. The van der Waals surface area contributed by atoms with Crippen molar-refractivity contribution in [2.45, 2.75) is 52.8 Å². The van der Waals surface area contributed by atoms with Crippen LogP contribution in [-0.2, 0) is 9.53 Å². The molecule has 0 heterocycles. The Balaban J connectivity index is 3.77. The molecule has 1 atom stereocenters. The smallest absolute Gasteiger partial charge is 0.323 e. The number of nitrogens with one attached hydrogen (secondary N) is 1. The van der Waals surface area contributed by atoms with Gasteiger partial charge in [0.1, 0.15) is 6.04 Å². The highest BCUT2D eigenvalue weighted by atomic mass is 16.5. The molecule has 0 bridgehead atoms. The first kappa shape index (κ1) is 11.4. The molecule has 0 saturated heterocycles. The van der Waals surface area contributed by atoms with Crippen LogP contribution in [0.5, 0.6) is 0 Å². The van der Waals surface area contributed by atoms with Gasteiger partial charge in [-0.2, -0.15) is 0 Å². The lowest BCUT2D eigenvalue weighted by molar-refractivity contribution is -0.149. The summed E-state index contributed by atoms with van der Waals surface area (Å²) < 4.78 is 5.01. The zero-order chi connectivity index (χ0) is 9.72. The molecule has 0 aliphatic rings. The lowest BCUT2D eigenvalue weighted by Crippen LogP contribution is -2.40. The van der Waals surface area contributed by atoms with Crippen LogP contribution < -0.4 is 5.32 Å². The molecular formula is C9H19NO2. The van der Waals surface area contributed by atoms with Gasteiger partial charge in [0.15, 0.2) is 0 Å². The molecule has 72 valence electrons. The molecule has 0 amide bonds. The minimum atomic E-state index is -0.215. The van der Waals surface area contributed by atoms with Crippen LogP contribution in [0.1, 0.15) is 34.6 Å². The standard InChI is InChI=1S/C9H19NO2/c1-6(2)10-8(5)9(11)12-7(3)4/h6-8,10H,1-5H3. The zero-order valence-electron chi connectivity index (χ0n) is 8.55. The lowest BCUT2D eigenvalue weighted by Gasteiger charge is -2.17. The monoisotopic (exact) mass is 173 g/mol. The average molecular weight is 173 g/mol. The molecule has 0 aromatic rings. The van der Waals surface area contributed by atoms with E-state index in [4.69, 9.17) is 4.74 Å². The van der Waals surface area contributed by atoms with Crippen LogP contribution in [0.25, 0.3) is 0 Å². The average Bonchev–Trinajstić information content (AvgIpc) is 1.84. The topological polar surface area (TPSA) is 38.3 Å². The summed E-state index contributed by atoms with van der Waals surface area (Å²) in [5.41, 5.74) is 0. The van der Waals surface area contributed by atoms with E-state index in [9.17, 15) is 4.79 Å². The molecule has 0 radical (unpaired) electrons. The molecule has 1 N–H and O–H groups in total. The fourth-order valence-electron chi connectivity index (χ4n) is 0.902. The van der Waals surface area contributed by atoms with E-state index in [1.807, 2.05) is 34.6 Å². The van der Waals surface area contributed by atoms with Gasteiger partial charge >= 0.3 is 5.97 Å². The summed E-state index contributed by atoms with van der Waals surface area (Å²) in [6.45, 7) is 9.50. The fourth-order valence-corrected chi connectivity index (χ4v) is 0.902. The maximum Gasteiger partial charge on any atom is 0.323 e. The normalized spacial score (nSPS) is 13.6. The molecular weight excluding hydrogens is 154 g/mol. The number of carbonyl (C=O) groups excluding carboxylic acids is 1. The van der Waals surface area contributed by atoms with Gasteiger partial charge in [0.25, 0.3) is 0 Å². The summed E-state index contributed by atoms with van der Waals surface area (Å²) in [5.74, 6) is -0.182. The molecule has 0 spiro atoms. The number of rotatable bonds is 4. The quantitative estimate of drug-likeness (QED) is 0.652. The van der Waals surface area contributed by atoms with Gasteiger partial charge < -0.3 is 10.1 Å². The molecule has 12 heavy (non-hydrogen) atoms. The Kier molecular flexibility index (Phi) is 4.90. The summed E-state index contributed by atoms with van der Waals surface area (Å²) >= 11 is 0. The van der Waals surface area contributed by atoms with Gasteiger partial charge in [0.2, 0.25) is 0 Å². The Morgan fingerprint density at radius 2 is 1.67 bits per heavy atom. The highest BCUT2D eigenvalue weighted by Crippen LogP contribution is 1.95. The van der Waals surface area contributed by atoms with Crippen molar-refractivity contribution in [1.82, 2.24) is 5.32 Å². The van der Waals surface area contributed by atoms with E-state index < -0.39 is 0 Å². The van der Waals surface area contributed by atoms with Crippen molar-refractivity contribution in [2.75, 3.05) is 0 Å². The second-order valence-electron chi connectivity index (χ2n) is 3.53. The summed E-state index contributed by atoms with van der Waals surface area (Å²) in [7, 11) is 0. The van der Waals surface area contributed by atoms with Gasteiger partial charge in [-0.15, -0.1) is 0 Å². The van der Waals surface area contributed by atoms with Crippen LogP contribution >= 0.6 is 0 Å². The third kappa shape index (κ3) is 5.13. The molecule has 0 aromatic heterocycles. The van der Waals surface area contributed by atoms with Gasteiger partial charge in [0, 0.05) is 6.04 Å². The van der Waals surface area contributed by atoms with Gasteiger partial charge in [-0.25, -0.2) is 0 Å². The third-order valence-electron chi connectivity index (χ3n) is 1.29. The van der Waals surface area contributed by atoms with Crippen molar-refractivity contribution in [3.8, 4) is 0 Å². The summed E-state index contributed by atoms with van der Waals surface area (Å²) in [5, 5.41) is 3.07. The Morgan fingerprint density at radius 3 is 2.00 bits per heavy atom. The van der Waals surface area contributed by atoms with Crippen LogP contribution in [0.15, 0.2) is 0 Å². The van der Waals surface area contributed by atoms with E-state index in [-0.39, 0.29) is 18.1 Å². The van der Waals surface area contributed by atoms with Crippen LogP contribution in [-0.4, -0.2) is 24.2 Å². The minimum Gasteiger partial charge on any atom is -0.462 e. The van der Waals surface area contributed by atoms with Crippen LogP contribution in [0.3, 0.4) is 0 Å². The Bertz CT molecular complexity index is 143. The lowest BCUT2D eigenvalue weighted by atomic mass is 10.3. The first-order chi connectivity index (χ1) is 5.43. The maximum atomic E-state index is 11.2. The van der Waals surface area contributed by atoms with Crippen molar-refractivity contribution >= 4 is 5.97 Å². The summed E-state index contributed by atoms with van der Waals surface area (Å²) in [6.07, 6.45) is -0.0334. The highest BCUT2D eigenvalue weighted by molar-refractivity contribution is 5.75. The fraction of sp³-hybridized carbons (Fsp3) is 0.889. The van der Waals surface area contributed by atoms with Gasteiger partial charge in [0.05, 0.1) is 6.10 Å². The molecule has 0 rings (SSSR count). The van der Waals surface area contributed by atoms with Crippen molar-refractivity contribution in [1.29, 1.82) is 0 Å². The largest absolute Gasteiger partial charge is 0.462 e. The van der Waals surface area contributed by atoms with E-state index in [2.05, 4.69) is 5.32 Å². The number of ether oxygens (including phenoxy) is 1. The second kappa shape index (κ2) is 5.14. The van der Waals surface area contributed by atoms with Crippen molar-refractivity contribution in [3.05, 3.63) is 0 Å². The number of hydrogen-bond donors (Lipinski definition) is 1. The molecule has 3 heteroatoms. The van der Waals surface area contributed by atoms with Crippen LogP contribution in [0, 0.1) is 0 Å². The molecule has 0 aliphatic heterocycles. The first-order valence-corrected chi connectivity index (χ1v) is 4.40. The van der Waals surface area contributed by atoms with Gasteiger partial charge in [-0.05, 0) is 20.8 Å². The molecule has 0 aromatic carbocycles. The van der Waals surface area contributed by atoms with Crippen molar-refractivity contribution < 1.29 is 9.53 Å². The van der Waals surface area contributed by atoms with Crippen LogP contribution in [0.4, 0.5) is 0 Å². The minimum absolute atomic E-state index is 0.0334. The summed E-state index contributed by atoms with van der Waals surface area (Å²) in [4.78, 5) is 11.2. The van der Waals surface area contributed by atoms with E-state index in [0.717, 1.165) is 0 Å². The van der Waals surface area contributed by atoms with Gasteiger partial charge in [-0.1, -0.05) is 13.8 Å². The molecule has 1 unspecified atom stereocenters. The van der Waals surface area contributed by atoms with E-state index in [1.165, 1.54) is 0 Å². The molecule has 0 aliphatic carbocycles. The van der Waals surface area contributed by atoms with Crippen molar-refractivity contribution in [2.24, 2.45) is 0 Å². The SMILES string of the molecule is CC(C)NC(C)C(=O)OC(C)C.